The van der Waals surface area contributed by atoms with Gasteiger partial charge in [0.2, 0.25) is 5.91 Å². The molecule has 0 aromatic carbocycles. The molecule has 5 nitrogen and oxygen atoms in total. The largest absolute Gasteiger partial charge is 0.356 e. The van der Waals surface area contributed by atoms with Gasteiger partial charge in [0.1, 0.15) is 5.82 Å². The summed E-state index contributed by atoms with van der Waals surface area (Å²) in [5.41, 5.74) is 5.37. The van der Waals surface area contributed by atoms with Gasteiger partial charge in [-0.15, -0.1) is 0 Å². The molecule has 0 aliphatic heterocycles. The van der Waals surface area contributed by atoms with Crippen molar-refractivity contribution in [3.63, 3.8) is 0 Å². The van der Waals surface area contributed by atoms with Crippen molar-refractivity contribution < 1.29 is 4.79 Å². The summed E-state index contributed by atoms with van der Waals surface area (Å²) in [4.78, 5) is 18.4. The molecule has 0 bridgehead atoms. The van der Waals surface area contributed by atoms with Crippen molar-refractivity contribution in [3.05, 3.63) is 18.2 Å². The molecular formula is C11H20N4O. The molecule has 0 unspecified atom stereocenters. The Bertz CT molecular complexity index is 284. The van der Waals surface area contributed by atoms with Crippen LogP contribution in [0.15, 0.2) is 12.4 Å². The van der Waals surface area contributed by atoms with Gasteiger partial charge in [-0.3, -0.25) is 4.79 Å². The van der Waals surface area contributed by atoms with E-state index in [4.69, 9.17) is 5.73 Å². The first kappa shape index (κ1) is 12.7. The number of hydrogen-bond acceptors (Lipinski definition) is 3. The second-order valence-electron chi connectivity index (χ2n) is 3.74. The Kier molecular flexibility index (Phi) is 6.25. The molecule has 1 amide bonds. The molecule has 0 saturated carbocycles. The first-order chi connectivity index (χ1) is 7.83. The number of nitrogens with two attached hydrogens (primary N) is 1. The number of nitrogens with zero attached hydrogens (tertiary/aromatic N) is 1. The van der Waals surface area contributed by atoms with Crippen LogP contribution in [-0.2, 0) is 11.2 Å². The Morgan fingerprint density at radius 1 is 1.44 bits per heavy atom. The van der Waals surface area contributed by atoms with Crippen LogP contribution in [0.3, 0.4) is 0 Å². The van der Waals surface area contributed by atoms with Gasteiger partial charge in [-0.2, -0.15) is 0 Å². The van der Waals surface area contributed by atoms with E-state index in [1.807, 2.05) is 0 Å². The molecule has 1 aromatic heterocycles. The van der Waals surface area contributed by atoms with E-state index in [0.29, 0.717) is 19.5 Å². The minimum absolute atomic E-state index is 0.114. The first-order valence-electron chi connectivity index (χ1n) is 5.78. The van der Waals surface area contributed by atoms with Gasteiger partial charge in [0.25, 0.3) is 0 Å². The number of imidazole rings is 1. The van der Waals surface area contributed by atoms with E-state index in [1.165, 1.54) is 0 Å². The topological polar surface area (TPSA) is 83.8 Å². The summed E-state index contributed by atoms with van der Waals surface area (Å²) in [5.74, 6) is 1.02. The average Bonchev–Trinajstić information content (AvgIpc) is 2.77. The Balaban J connectivity index is 1.98. The van der Waals surface area contributed by atoms with E-state index in [9.17, 15) is 4.79 Å². The van der Waals surface area contributed by atoms with E-state index in [2.05, 4.69) is 15.3 Å². The molecule has 1 aromatic rings. The van der Waals surface area contributed by atoms with E-state index >= 15 is 0 Å². The highest BCUT2D eigenvalue weighted by Crippen LogP contribution is 1.98. The summed E-state index contributed by atoms with van der Waals surface area (Å²) in [5, 5.41) is 2.87. The van der Waals surface area contributed by atoms with Gasteiger partial charge in [-0.1, -0.05) is 6.42 Å². The van der Waals surface area contributed by atoms with Gasteiger partial charge < -0.3 is 16.0 Å². The minimum atomic E-state index is 0.114. The lowest BCUT2D eigenvalue weighted by Crippen LogP contribution is -2.25. The van der Waals surface area contributed by atoms with Crippen LogP contribution in [0.2, 0.25) is 0 Å². The number of rotatable bonds is 8. The summed E-state index contributed by atoms with van der Waals surface area (Å²) in [7, 11) is 0. The summed E-state index contributed by atoms with van der Waals surface area (Å²) in [6, 6.07) is 0. The number of carbonyl (C=O) groups is 1. The van der Waals surface area contributed by atoms with Crippen LogP contribution in [0.1, 0.15) is 31.5 Å². The zero-order chi connectivity index (χ0) is 11.6. The standard InChI is InChI=1S/C11H20N4O/c12-6-3-1-2-4-11(16)15-7-5-10-13-8-9-14-10/h8-9H,1-7,12H2,(H,13,14)(H,15,16). The second-order valence-corrected chi connectivity index (χ2v) is 3.74. The van der Waals surface area contributed by atoms with Gasteiger partial charge in [-0.25, -0.2) is 4.98 Å². The van der Waals surface area contributed by atoms with Gasteiger partial charge in [0.15, 0.2) is 0 Å². The molecule has 0 spiro atoms. The van der Waals surface area contributed by atoms with Crippen molar-refractivity contribution in [2.24, 2.45) is 5.73 Å². The lowest BCUT2D eigenvalue weighted by Gasteiger charge is -2.03. The van der Waals surface area contributed by atoms with Crippen LogP contribution in [0.4, 0.5) is 0 Å². The Morgan fingerprint density at radius 3 is 3.00 bits per heavy atom. The maximum absolute atomic E-state index is 11.4. The summed E-state index contributed by atoms with van der Waals surface area (Å²) < 4.78 is 0. The van der Waals surface area contributed by atoms with Crippen LogP contribution in [0.5, 0.6) is 0 Å². The highest BCUT2D eigenvalue weighted by Gasteiger charge is 2.01. The van der Waals surface area contributed by atoms with Crippen LogP contribution in [0, 0.1) is 0 Å². The summed E-state index contributed by atoms with van der Waals surface area (Å²) >= 11 is 0. The molecule has 0 saturated heterocycles. The zero-order valence-corrected chi connectivity index (χ0v) is 9.54. The van der Waals surface area contributed by atoms with Gasteiger partial charge in [0, 0.05) is 31.8 Å². The quantitative estimate of drug-likeness (QED) is 0.565. The summed E-state index contributed by atoms with van der Waals surface area (Å²) in [6.07, 6.45) is 7.79. The normalized spacial score (nSPS) is 10.3. The van der Waals surface area contributed by atoms with E-state index in [0.717, 1.165) is 31.5 Å². The third kappa shape index (κ3) is 5.50. The van der Waals surface area contributed by atoms with Crippen molar-refractivity contribution >= 4 is 5.91 Å². The number of aromatic amines is 1. The monoisotopic (exact) mass is 224 g/mol. The van der Waals surface area contributed by atoms with Crippen LogP contribution in [0.25, 0.3) is 0 Å². The lowest BCUT2D eigenvalue weighted by atomic mass is 10.2. The second kappa shape index (κ2) is 7.87. The van der Waals surface area contributed by atoms with Crippen LogP contribution < -0.4 is 11.1 Å². The molecule has 1 heterocycles. The highest BCUT2D eigenvalue weighted by molar-refractivity contribution is 5.75. The molecular weight excluding hydrogens is 204 g/mol. The third-order valence-corrected chi connectivity index (χ3v) is 2.35. The van der Waals surface area contributed by atoms with Gasteiger partial charge >= 0.3 is 0 Å². The molecule has 0 atom stereocenters. The number of carbonyl (C=O) groups excluding carboxylic acids is 1. The van der Waals surface area contributed by atoms with Crippen molar-refractivity contribution in [1.29, 1.82) is 0 Å². The Morgan fingerprint density at radius 2 is 2.31 bits per heavy atom. The maximum atomic E-state index is 11.4. The number of hydrogen-bond donors (Lipinski definition) is 3. The van der Waals surface area contributed by atoms with Crippen molar-refractivity contribution in [1.82, 2.24) is 15.3 Å². The highest BCUT2D eigenvalue weighted by atomic mass is 16.1. The average molecular weight is 224 g/mol. The Hall–Kier alpha value is -1.36. The SMILES string of the molecule is NCCCCCC(=O)NCCc1ncc[nH]1. The fraction of sp³-hybridized carbons (Fsp3) is 0.636. The Labute approximate surface area is 95.8 Å². The van der Waals surface area contributed by atoms with Crippen molar-refractivity contribution in [2.75, 3.05) is 13.1 Å². The molecule has 0 radical (unpaired) electrons. The van der Waals surface area contributed by atoms with Crippen LogP contribution in [-0.4, -0.2) is 29.0 Å². The van der Waals surface area contributed by atoms with E-state index in [-0.39, 0.29) is 5.91 Å². The molecule has 0 aliphatic rings. The molecule has 0 fully saturated rings. The fourth-order valence-electron chi connectivity index (χ4n) is 1.45. The number of amides is 1. The maximum Gasteiger partial charge on any atom is 0.220 e. The number of nitrogens with one attached hydrogen (secondary N) is 2. The van der Waals surface area contributed by atoms with Gasteiger partial charge in [-0.05, 0) is 19.4 Å². The molecule has 90 valence electrons. The first-order valence-corrected chi connectivity index (χ1v) is 5.78. The zero-order valence-electron chi connectivity index (χ0n) is 9.54. The summed E-state index contributed by atoms with van der Waals surface area (Å²) in [6.45, 7) is 1.35. The third-order valence-electron chi connectivity index (χ3n) is 2.35. The number of H-pyrrole nitrogens is 1. The molecule has 4 N–H and O–H groups in total. The van der Waals surface area contributed by atoms with E-state index < -0.39 is 0 Å². The molecule has 5 heteroatoms. The van der Waals surface area contributed by atoms with Crippen molar-refractivity contribution in [2.45, 2.75) is 32.1 Å². The predicted molar refractivity (Wildman–Crippen MR) is 62.8 cm³/mol. The minimum Gasteiger partial charge on any atom is -0.356 e. The molecule has 1 rings (SSSR count). The lowest BCUT2D eigenvalue weighted by molar-refractivity contribution is -0.121. The van der Waals surface area contributed by atoms with Crippen LogP contribution >= 0.6 is 0 Å². The fourth-order valence-corrected chi connectivity index (χ4v) is 1.45. The number of aromatic nitrogens is 2. The smallest absolute Gasteiger partial charge is 0.220 e. The van der Waals surface area contributed by atoms with E-state index in [1.54, 1.807) is 12.4 Å². The van der Waals surface area contributed by atoms with Crippen molar-refractivity contribution in [3.8, 4) is 0 Å². The number of unbranched alkanes of at least 4 members (excludes halogenated alkanes) is 2. The molecule has 16 heavy (non-hydrogen) atoms. The predicted octanol–water partition coefficient (Wildman–Crippen LogP) is 0.588. The van der Waals surface area contributed by atoms with Gasteiger partial charge in [0.05, 0.1) is 0 Å². The molecule has 0 aliphatic carbocycles.